The van der Waals surface area contributed by atoms with Crippen LogP contribution in [0.4, 0.5) is 0 Å². The molecule has 1 N–H and O–H groups in total. The summed E-state index contributed by atoms with van der Waals surface area (Å²) in [5.74, 6) is 0.561. The summed E-state index contributed by atoms with van der Waals surface area (Å²) in [6, 6.07) is 8.24. The Kier molecular flexibility index (Phi) is 2.66. The largest absolute Gasteiger partial charge is 0.385 e. The van der Waals surface area contributed by atoms with Crippen molar-refractivity contribution in [2.24, 2.45) is 0 Å². The van der Waals surface area contributed by atoms with Crippen LogP contribution in [-0.4, -0.2) is 5.11 Å². The fourth-order valence-electron chi connectivity index (χ4n) is 2.55. The Balaban J connectivity index is 2.48. The van der Waals surface area contributed by atoms with Gasteiger partial charge in [0.2, 0.25) is 0 Å². The zero-order chi connectivity index (χ0) is 10.9. The second-order valence-electron chi connectivity index (χ2n) is 4.55. The van der Waals surface area contributed by atoms with Crippen LogP contribution in [0.25, 0.3) is 0 Å². The first-order valence-corrected chi connectivity index (χ1v) is 5.60. The average Bonchev–Trinajstić information content (AvgIpc) is 2.25. The zero-order valence-corrected chi connectivity index (χ0v) is 9.24. The number of rotatable bonds is 2. The molecule has 0 radical (unpaired) electrons. The van der Waals surface area contributed by atoms with Crippen LogP contribution >= 0.6 is 0 Å². The molecular weight excluding hydrogens is 184 g/mol. The molecule has 2 unspecified atom stereocenters. The Morgan fingerprint density at radius 2 is 2.27 bits per heavy atom. The maximum Gasteiger partial charge on any atom is 0.0933 e. The standard InChI is InChI=1S/C14H18O/c1-3-9-14(15)10-8-11(2)12-6-4-5-7-13(12)14/h3-7,11,15H,1,8-10H2,2H3. The molecule has 15 heavy (non-hydrogen) atoms. The van der Waals surface area contributed by atoms with Crippen LogP contribution in [0.5, 0.6) is 0 Å². The van der Waals surface area contributed by atoms with E-state index >= 15 is 0 Å². The first kappa shape index (κ1) is 10.4. The lowest BCUT2D eigenvalue weighted by Gasteiger charge is -2.36. The SMILES string of the molecule is C=CCC1(O)CCC(C)c2ccccc21. The van der Waals surface area contributed by atoms with E-state index in [2.05, 4.69) is 31.7 Å². The van der Waals surface area contributed by atoms with E-state index in [1.165, 1.54) is 5.56 Å². The predicted molar refractivity (Wildman–Crippen MR) is 62.8 cm³/mol. The number of hydrogen-bond acceptors (Lipinski definition) is 1. The summed E-state index contributed by atoms with van der Waals surface area (Å²) >= 11 is 0. The number of benzene rings is 1. The number of hydrogen-bond donors (Lipinski definition) is 1. The number of fused-ring (bicyclic) bond motifs is 1. The van der Waals surface area contributed by atoms with E-state index in [1.807, 2.05) is 12.1 Å². The molecule has 80 valence electrons. The summed E-state index contributed by atoms with van der Waals surface area (Å²) in [6.45, 7) is 5.96. The molecule has 1 nitrogen and oxygen atoms in total. The van der Waals surface area contributed by atoms with Gasteiger partial charge in [-0.25, -0.2) is 0 Å². The lowest BCUT2D eigenvalue weighted by atomic mass is 9.73. The lowest BCUT2D eigenvalue weighted by molar-refractivity contribution is 0.0186. The minimum absolute atomic E-state index is 0.561. The molecule has 0 amide bonds. The van der Waals surface area contributed by atoms with Crippen molar-refractivity contribution in [2.75, 3.05) is 0 Å². The highest BCUT2D eigenvalue weighted by Crippen LogP contribution is 2.42. The van der Waals surface area contributed by atoms with E-state index in [-0.39, 0.29) is 0 Å². The van der Waals surface area contributed by atoms with E-state index in [9.17, 15) is 5.11 Å². The molecule has 1 aliphatic rings. The van der Waals surface area contributed by atoms with Crippen LogP contribution in [0.3, 0.4) is 0 Å². The van der Waals surface area contributed by atoms with E-state index < -0.39 is 5.60 Å². The Labute approximate surface area is 91.4 Å². The molecule has 0 saturated heterocycles. The van der Waals surface area contributed by atoms with Gasteiger partial charge in [0.05, 0.1) is 5.60 Å². The van der Waals surface area contributed by atoms with Gasteiger partial charge in [-0.1, -0.05) is 37.3 Å². The third-order valence-electron chi connectivity index (χ3n) is 3.47. The highest BCUT2D eigenvalue weighted by atomic mass is 16.3. The molecular formula is C14H18O. The molecule has 0 spiro atoms. The quantitative estimate of drug-likeness (QED) is 0.729. The molecule has 0 fully saturated rings. The van der Waals surface area contributed by atoms with Crippen molar-refractivity contribution in [3.05, 3.63) is 48.0 Å². The van der Waals surface area contributed by atoms with Gasteiger partial charge in [0, 0.05) is 0 Å². The molecule has 0 saturated carbocycles. The molecule has 0 bridgehead atoms. The second-order valence-corrected chi connectivity index (χ2v) is 4.55. The zero-order valence-electron chi connectivity index (χ0n) is 9.24. The van der Waals surface area contributed by atoms with Crippen LogP contribution in [0.1, 0.15) is 43.2 Å². The van der Waals surface area contributed by atoms with Crippen molar-refractivity contribution in [3.8, 4) is 0 Å². The van der Waals surface area contributed by atoms with Crippen molar-refractivity contribution in [1.29, 1.82) is 0 Å². The Morgan fingerprint density at radius 3 is 3.00 bits per heavy atom. The third kappa shape index (κ3) is 1.72. The topological polar surface area (TPSA) is 20.2 Å². The van der Waals surface area contributed by atoms with Crippen LogP contribution in [0, 0.1) is 0 Å². The average molecular weight is 202 g/mol. The van der Waals surface area contributed by atoms with Gasteiger partial charge >= 0.3 is 0 Å². The Bertz CT molecular complexity index is 369. The molecule has 0 heterocycles. The van der Waals surface area contributed by atoms with Crippen molar-refractivity contribution >= 4 is 0 Å². The van der Waals surface area contributed by atoms with E-state index in [4.69, 9.17) is 0 Å². The maximum atomic E-state index is 10.6. The van der Waals surface area contributed by atoms with Gasteiger partial charge in [-0.15, -0.1) is 6.58 Å². The smallest absolute Gasteiger partial charge is 0.0933 e. The fourth-order valence-corrected chi connectivity index (χ4v) is 2.55. The summed E-state index contributed by atoms with van der Waals surface area (Å²) < 4.78 is 0. The molecule has 1 aromatic carbocycles. The van der Waals surface area contributed by atoms with Gasteiger partial charge in [-0.2, -0.15) is 0 Å². The first-order valence-electron chi connectivity index (χ1n) is 5.60. The third-order valence-corrected chi connectivity index (χ3v) is 3.47. The maximum absolute atomic E-state index is 10.6. The second kappa shape index (κ2) is 3.82. The van der Waals surface area contributed by atoms with Gasteiger partial charge in [-0.3, -0.25) is 0 Å². The van der Waals surface area contributed by atoms with Crippen molar-refractivity contribution in [1.82, 2.24) is 0 Å². The van der Waals surface area contributed by atoms with Gasteiger partial charge in [0.15, 0.2) is 0 Å². The number of aliphatic hydroxyl groups is 1. The fraction of sp³-hybridized carbons (Fsp3) is 0.429. The summed E-state index contributed by atoms with van der Waals surface area (Å²) in [7, 11) is 0. The molecule has 2 rings (SSSR count). The molecule has 1 heteroatoms. The van der Waals surface area contributed by atoms with E-state index in [0.717, 1.165) is 18.4 Å². The Hall–Kier alpha value is -1.08. The summed E-state index contributed by atoms with van der Waals surface area (Å²) in [5.41, 5.74) is 1.72. The highest BCUT2D eigenvalue weighted by molar-refractivity contribution is 5.37. The van der Waals surface area contributed by atoms with Crippen LogP contribution < -0.4 is 0 Å². The van der Waals surface area contributed by atoms with E-state index in [0.29, 0.717) is 12.3 Å². The van der Waals surface area contributed by atoms with Crippen LogP contribution in [0.2, 0.25) is 0 Å². The highest BCUT2D eigenvalue weighted by Gasteiger charge is 2.35. The summed E-state index contributed by atoms with van der Waals surface area (Å²) in [6.07, 6.45) is 4.36. The van der Waals surface area contributed by atoms with Gasteiger partial charge in [0.1, 0.15) is 0 Å². The lowest BCUT2D eigenvalue weighted by Crippen LogP contribution is -2.31. The molecule has 0 aromatic heterocycles. The minimum atomic E-state index is -0.676. The predicted octanol–water partition coefficient (Wildman–Crippen LogP) is 3.35. The van der Waals surface area contributed by atoms with Crippen LogP contribution in [-0.2, 0) is 5.60 Å². The first-order chi connectivity index (χ1) is 7.17. The van der Waals surface area contributed by atoms with Gasteiger partial charge in [0.25, 0.3) is 0 Å². The van der Waals surface area contributed by atoms with Gasteiger partial charge < -0.3 is 5.11 Å². The molecule has 0 aliphatic heterocycles. The molecule has 2 atom stereocenters. The van der Waals surface area contributed by atoms with Gasteiger partial charge in [-0.05, 0) is 36.3 Å². The normalized spacial score (nSPS) is 29.6. The van der Waals surface area contributed by atoms with Crippen molar-refractivity contribution in [2.45, 2.75) is 37.7 Å². The molecule has 1 aromatic rings. The van der Waals surface area contributed by atoms with Crippen LogP contribution in [0.15, 0.2) is 36.9 Å². The molecule has 1 aliphatic carbocycles. The summed E-state index contributed by atoms with van der Waals surface area (Å²) in [4.78, 5) is 0. The minimum Gasteiger partial charge on any atom is -0.385 e. The monoisotopic (exact) mass is 202 g/mol. The van der Waals surface area contributed by atoms with Crippen molar-refractivity contribution < 1.29 is 5.11 Å². The summed E-state index contributed by atoms with van der Waals surface area (Å²) in [5, 5.41) is 10.6. The van der Waals surface area contributed by atoms with Crippen molar-refractivity contribution in [3.63, 3.8) is 0 Å². The Morgan fingerprint density at radius 1 is 1.53 bits per heavy atom. The van der Waals surface area contributed by atoms with E-state index in [1.54, 1.807) is 0 Å².